The lowest BCUT2D eigenvalue weighted by Crippen LogP contribution is -1.92. The first-order valence-electron chi connectivity index (χ1n) is 5.02. The molecule has 0 radical (unpaired) electrons. The minimum atomic E-state index is 0.448. The van der Waals surface area contributed by atoms with Crippen molar-refractivity contribution in [3.05, 3.63) is 54.2 Å². The highest BCUT2D eigenvalue weighted by molar-refractivity contribution is 5.56. The molecule has 1 aromatic heterocycles. The molecular weight excluding hydrogens is 198 g/mol. The minimum Gasteiger partial charge on any atom is -0.340 e. The monoisotopic (exact) mass is 209 g/mol. The van der Waals surface area contributed by atoms with Crippen molar-refractivity contribution in [2.45, 2.75) is 6.42 Å². The molecule has 3 nitrogen and oxygen atoms in total. The van der Waals surface area contributed by atoms with Crippen molar-refractivity contribution in [2.75, 3.05) is 5.32 Å². The standard InChI is InChI=1S/C13H11N3/c14-9-8-11-4-6-12(7-5-11)16-13-3-1-2-10-15-13/h1-7,10H,8H2,(H,15,16). The van der Waals surface area contributed by atoms with E-state index in [1.54, 1.807) is 6.20 Å². The number of aromatic nitrogens is 1. The molecule has 78 valence electrons. The largest absolute Gasteiger partial charge is 0.340 e. The quantitative estimate of drug-likeness (QED) is 0.845. The normalized spacial score (nSPS) is 9.44. The number of nitrogens with one attached hydrogen (secondary N) is 1. The molecule has 0 spiro atoms. The van der Waals surface area contributed by atoms with Crippen molar-refractivity contribution in [1.82, 2.24) is 4.98 Å². The Morgan fingerprint density at radius 1 is 1.12 bits per heavy atom. The van der Waals surface area contributed by atoms with E-state index in [4.69, 9.17) is 5.26 Å². The van der Waals surface area contributed by atoms with Gasteiger partial charge in [-0.3, -0.25) is 0 Å². The fraction of sp³-hybridized carbons (Fsp3) is 0.0769. The lowest BCUT2D eigenvalue weighted by atomic mass is 10.1. The van der Waals surface area contributed by atoms with Crippen molar-refractivity contribution < 1.29 is 0 Å². The molecule has 0 unspecified atom stereocenters. The second-order valence-corrected chi connectivity index (χ2v) is 3.37. The van der Waals surface area contributed by atoms with E-state index in [2.05, 4.69) is 16.4 Å². The van der Waals surface area contributed by atoms with Gasteiger partial charge >= 0.3 is 0 Å². The first kappa shape index (κ1) is 10.2. The Bertz CT molecular complexity index is 483. The number of anilines is 2. The maximum Gasteiger partial charge on any atom is 0.130 e. The van der Waals surface area contributed by atoms with Gasteiger partial charge in [-0.05, 0) is 29.8 Å². The summed E-state index contributed by atoms with van der Waals surface area (Å²) in [4.78, 5) is 4.17. The molecule has 0 bridgehead atoms. The maximum atomic E-state index is 8.55. The van der Waals surface area contributed by atoms with Gasteiger partial charge in [-0.15, -0.1) is 0 Å². The fourth-order valence-electron chi connectivity index (χ4n) is 1.38. The Morgan fingerprint density at radius 2 is 1.94 bits per heavy atom. The number of pyridine rings is 1. The van der Waals surface area contributed by atoms with Crippen LogP contribution in [0, 0.1) is 11.3 Å². The lowest BCUT2D eigenvalue weighted by Gasteiger charge is -2.05. The molecule has 0 atom stereocenters. The first-order chi connectivity index (χ1) is 7.88. The molecule has 3 heteroatoms. The van der Waals surface area contributed by atoms with Gasteiger partial charge in [0.05, 0.1) is 12.5 Å². The average Bonchev–Trinajstić information content (AvgIpc) is 2.33. The van der Waals surface area contributed by atoms with E-state index in [1.165, 1.54) is 0 Å². The van der Waals surface area contributed by atoms with Crippen LogP contribution in [0.4, 0.5) is 11.5 Å². The summed E-state index contributed by atoms with van der Waals surface area (Å²) in [6.07, 6.45) is 2.19. The molecule has 0 saturated carbocycles. The summed E-state index contributed by atoms with van der Waals surface area (Å²) in [6.45, 7) is 0. The zero-order valence-electron chi connectivity index (χ0n) is 8.72. The van der Waals surface area contributed by atoms with Gasteiger partial charge in [0.15, 0.2) is 0 Å². The van der Waals surface area contributed by atoms with Gasteiger partial charge in [0.2, 0.25) is 0 Å². The fourth-order valence-corrected chi connectivity index (χ4v) is 1.38. The van der Waals surface area contributed by atoms with Gasteiger partial charge < -0.3 is 5.32 Å². The Morgan fingerprint density at radius 3 is 2.56 bits per heavy atom. The molecule has 1 heterocycles. The van der Waals surface area contributed by atoms with Crippen LogP contribution in [-0.2, 0) is 6.42 Å². The van der Waals surface area contributed by atoms with Gasteiger partial charge in [-0.1, -0.05) is 18.2 Å². The summed E-state index contributed by atoms with van der Waals surface area (Å²) in [5.74, 6) is 0.815. The van der Waals surface area contributed by atoms with Crippen LogP contribution in [0.25, 0.3) is 0 Å². The topological polar surface area (TPSA) is 48.7 Å². The molecular formula is C13H11N3. The van der Waals surface area contributed by atoms with Crippen LogP contribution in [0.1, 0.15) is 5.56 Å². The zero-order chi connectivity index (χ0) is 11.2. The van der Waals surface area contributed by atoms with Crippen LogP contribution in [0.2, 0.25) is 0 Å². The van der Waals surface area contributed by atoms with Crippen molar-refractivity contribution in [1.29, 1.82) is 5.26 Å². The molecule has 0 aliphatic rings. The molecule has 0 aliphatic carbocycles. The number of rotatable bonds is 3. The predicted octanol–water partition coefficient (Wildman–Crippen LogP) is 2.89. The Balaban J connectivity index is 2.09. The molecule has 2 aromatic rings. The molecule has 0 fully saturated rings. The molecule has 1 N–H and O–H groups in total. The van der Waals surface area contributed by atoms with Gasteiger partial charge in [-0.25, -0.2) is 4.98 Å². The van der Waals surface area contributed by atoms with Crippen LogP contribution in [0.3, 0.4) is 0 Å². The molecule has 0 saturated heterocycles. The Labute approximate surface area is 94.4 Å². The summed E-state index contributed by atoms with van der Waals surface area (Å²) >= 11 is 0. The highest BCUT2D eigenvalue weighted by Gasteiger charge is 1.95. The van der Waals surface area contributed by atoms with E-state index in [-0.39, 0.29) is 0 Å². The van der Waals surface area contributed by atoms with Crippen molar-refractivity contribution in [3.63, 3.8) is 0 Å². The third-order valence-electron chi connectivity index (χ3n) is 2.17. The third kappa shape index (κ3) is 2.58. The van der Waals surface area contributed by atoms with Crippen molar-refractivity contribution in [2.24, 2.45) is 0 Å². The molecule has 0 aliphatic heterocycles. The summed E-state index contributed by atoms with van der Waals surface area (Å²) in [6, 6.07) is 15.6. The third-order valence-corrected chi connectivity index (χ3v) is 2.17. The first-order valence-corrected chi connectivity index (χ1v) is 5.02. The van der Waals surface area contributed by atoms with E-state index >= 15 is 0 Å². The Hall–Kier alpha value is -2.34. The van der Waals surface area contributed by atoms with Crippen molar-refractivity contribution >= 4 is 11.5 Å². The van der Waals surface area contributed by atoms with E-state index in [0.717, 1.165) is 17.1 Å². The molecule has 16 heavy (non-hydrogen) atoms. The van der Waals surface area contributed by atoms with Crippen LogP contribution in [0.5, 0.6) is 0 Å². The van der Waals surface area contributed by atoms with Gasteiger partial charge in [-0.2, -0.15) is 5.26 Å². The summed E-state index contributed by atoms with van der Waals surface area (Å²) < 4.78 is 0. The number of nitrogens with zero attached hydrogens (tertiary/aromatic N) is 2. The van der Waals surface area contributed by atoms with E-state index < -0.39 is 0 Å². The van der Waals surface area contributed by atoms with E-state index in [9.17, 15) is 0 Å². The van der Waals surface area contributed by atoms with Crippen molar-refractivity contribution in [3.8, 4) is 6.07 Å². The summed E-state index contributed by atoms with van der Waals surface area (Å²) in [5.41, 5.74) is 1.99. The molecule has 1 aromatic carbocycles. The number of benzene rings is 1. The van der Waals surface area contributed by atoms with Crippen LogP contribution < -0.4 is 5.32 Å². The zero-order valence-corrected chi connectivity index (χ0v) is 8.72. The highest BCUT2D eigenvalue weighted by Crippen LogP contribution is 2.14. The van der Waals surface area contributed by atoms with Crippen LogP contribution >= 0.6 is 0 Å². The van der Waals surface area contributed by atoms with Gasteiger partial charge in [0.25, 0.3) is 0 Å². The van der Waals surface area contributed by atoms with Gasteiger partial charge in [0, 0.05) is 11.9 Å². The lowest BCUT2D eigenvalue weighted by molar-refractivity contribution is 1.26. The second kappa shape index (κ2) is 4.94. The number of hydrogen-bond donors (Lipinski definition) is 1. The highest BCUT2D eigenvalue weighted by atomic mass is 15.0. The second-order valence-electron chi connectivity index (χ2n) is 3.37. The predicted molar refractivity (Wildman–Crippen MR) is 63.3 cm³/mol. The Kier molecular flexibility index (Phi) is 3.15. The SMILES string of the molecule is N#CCc1ccc(Nc2ccccn2)cc1. The van der Waals surface area contributed by atoms with E-state index in [0.29, 0.717) is 6.42 Å². The maximum absolute atomic E-state index is 8.55. The molecule has 2 rings (SSSR count). The summed E-state index contributed by atoms with van der Waals surface area (Å²) in [5, 5.41) is 11.7. The molecule has 0 amide bonds. The average molecular weight is 209 g/mol. The smallest absolute Gasteiger partial charge is 0.130 e. The van der Waals surface area contributed by atoms with Gasteiger partial charge in [0.1, 0.15) is 5.82 Å². The summed E-state index contributed by atoms with van der Waals surface area (Å²) in [7, 11) is 0. The minimum absolute atomic E-state index is 0.448. The number of nitriles is 1. The van der Waals surface area contributed by atoms with Crippen LogP contribution in [0.15, 0.2) is 48.7 Å². The van der Waals surface area contributed by atoms with E-state index in [1.807, 2.05) is 42.5 Å². The van der Waals surface area contributed by atoms with Crippen LogP contribution in [-0.4, -0.2) is 4.98 Å². The number of hydrogen-bond acceptors (Lipinski definition) is 3.